The summed E-state index contributed by atoms with van der Waals surface area (Å²) in [7, 11) is 0. The number of alkyl halides is 3. The van der Waals surface area contributed by atoms with Gasteiger partial charge in [-0.25, -0.2) is 0 Å². The normalized spacial score (nSPS) is 12.1. The lowest BCUT2D eigenvalue weighted by molar-refractivity contribution is -0.140. The number of ketones is 1. The topological polar surface area (TPSA) is 46.2 Å². The van der Waals surface area contributed by atoms with Crippen LogP contribution in [-0.2, 0) is 21.3 Å². The predicted octanol–water partition coefficient (Wildman–Crippen LogP) is 2.65. The zero-order valence-electron chi connectivity index (χ0n) is 10.8. The fourth-order valence-corrected chi connectivity index (χ4v) is 1.71. The van der Waals surface area contributed by atoms with Crippen molar-refractivity contribution in [1.82, 2.24) is 5.32 Å². The number of amides is 1. The molecule has 104 valence electrons. The lowest BCUT2D eigenvalue weighted by Crippen LogP contribution is -2.44. The first-order valence-electron chi connectivity index (χ1n) is 5.55. The molecule has 0 fully saturated rings. The van der Waals surface area contributed by atoms with Gasteiger partial charge in [0.05, 0.1) is 11.1 Å². The van der Waals surface area contributed by atoms with Crippen LogP contribution < -0.4 is 5.32 Å². The molecule has 1 aromatic carbocycles. The lowest BCUT2D eigenvalue weighted by atomic mass is 9.89. The Hall–Kier alpha value is -1.85. The SMILES string of the molecule is CC(=O)C(=O)NC(C)(C)c1ccccc1C(F)(F)F. The van der Waals surface area contributed by atoms with Crippen molar-refractivity contribution in [2.75, 3.05) is 0 Å². The van der Waals surface area contributed by atoms with E-state index in [1.165, 1.54) is 32.0 Å². The summed E-state index contributed by atoms with van der Waals surface area (Å²) in [6.45, 7) is 3.89. The van der Waals surface area contributed by atoms with E-state index >= 15 is 0 Å². The predicted molar refractivity (Wildman–Crippen MR) is 63.3 cm³/mol. The zero-order valence-corrected chi connectivity index (χ0v) is 10.8. The smallest absolute Gasteiger partial charge is 0.341 e. The van der Waals surface area contributed by atoms with Crippen molar-refractivity contribution in [3.8, 4) is 0 Å². The standard InChI is InChI=1S/C13H14F3NO2/c1-8(18)11(19)17-12(2,3)9-6-4-5-7-10(9)13(14,15)16/h4-7H,1-3H3,(H,17,19). The van der Waals surface area contributed by atoms with Gasteiger partial charge in [-0.2, -0.15) is 13.2 Å². The molecule has 3 nitrogen and oxygen atoms in total. The monoisotopic (exact) mass is 273 g/mol. The van der Waals surface area contributed by atoms with Gasteiger partial charge in [0.25, 0.3) is 5.91 Å². The molecule has 1 rings (SSSR count). The number of benzene rings is 1. The number of rotatable bonds is 3. The van der Waals surface area contributed by atoms with Gasteiger partial charge in [-0.1, -0.05) is 18.2 Å². The molecule has 0 bridgehead atoms. The number of hydrogen-bond acceptors (Lipinski definition) is 2. The second kappa shape index (κ2) is 5.03. The van der Waals surface area contributed by atoms with Crippen molar-refractivity contribution >= 4 is 11.7 Å². The maximum atomic E-state index is 12.9. The van der Waals surface area contributed by atoms with Crippen LogP contribution >= 0.6 is 0 Å². The Labute approximate surface area is 108 Å². The summed E-state index contributed by atoms with van der Waals surface area (Å²) in [5.41, 5.74) is -2.21. The second-order valence-corrected chi connectivity index (χ2v) is 4.68. The summed E-state index contributed by atoms with van der Waals surface area (Å²) in [6.07, 6.45) is -4.52. The number of carbonyl (C=O) groups excluding carboxylic acids is 2. The second-order valence-electron chi connectivity index (χ2n) is 4.68. The van der Waals surface area contributed by atoms with Crippen molar-refractivity contribution in [3.63, 3.8) is 0 Å². The van der Waals surface area contributed by atoms with Crippen LogP contribution in [0.25, 0.3) is 0 Å². The van der Waals surface area contributed by atoms with Gasteiger partial charge < -0.3 is 5.32 Å². The Morgan fingerprint density at radius 1 is 1.05 bits per heavy atom. The van der Waals surface area contributed by atoms with Crippen molar-refractivity contribution in [2.45, 2.75) is 32.5 Å². The molecule has 0 aliphatic heterocycles. The average molecular weight is 273 g/mol. The molecule has 0 spiro atoms. The summed E-state index contributed by atoms with van der Waals surface area (Å²) in [4.78, 5) is 22.3. The summed E-state index contributed by atoms with van der Waals surface area (Å²) in [5, 5.41) is 2.30. The fraction of sp³-hybridized carbons (Fsp3) is 0.385. The largest absolute Gasteiger partial charge is 0.416 e. The number of nitrogens with one attached hydrogen (secondary N) is 1. The molecule has 0 heterocycles. The Morgan fingerprint density at radius 3 is 1.95 bits per heavy atom. The third-order valence-electron chi connectivity index (χ3n) is 2.65. The van der Waals surface area contributed by atoms with Crippen molar-refractivity contribution in [3.05, 3.63) is 35.4 Å². The first kappa shape index (κ1) is 15.2. The van der Waals surface area contributed by atoms with Crippen LogP contribution in [0.4, 0.5) is 13.2 Å². The molecular formula is C13H14F3NO2. The summed E-state index contributed by atoms with van der Waals surface area (Å²) in [5.74, 6) is -1.67. The van der Waals surface area contributed by atoms with Crippen LogP contribution in [0.2, 0.25) is 0 Å². The number of carbonyl (C=O) groups is 2. The van der Waals surface area contributed by atoms with Crippen molar-refractivity contribution in [2.24, 2.45) is 0 Å². The average Bonchev–Trinajstić information content (AvgIpc) is 2.27. The van der Waals surface area contributed by atoms with Crippen molar-refractivity contribution in [1.29, 1.82) is 0 Å². The lowest BCUT2D eigenvalue weighted by Gasteiger charge is -2.29. The molecule has 0 radical (unpaired) electrons. The molecule has 0 aliphatic carbocycles. The van der Waals surface area contributed by atoms with Gasteiger partial charge in [-0.05, 0) is 25.5 Å². The third-order valence-corrected chi connectivity index (χ3v) is 2.65. The minimum Gasteiger partial charge on any atom is -0.341 e. The van der Waals surface area contributed by atoms with Crippen LogP contribution in [-0.4, -0.2) is 11.7 Å². The highest BCUT2D eigenvalue weighted by Crippen LogP contribution is 2.36. The molecule has 1 aromatic rings. The van der Waals surface area contributed by atoms with E-state index in [9.17, 15) is 22.8 Å². The summed E-state index contributed by atoms with van der Waals surface area (Å²) >= 11 is 0. The minimum atomic E-state index is -4.52. The van der Waals surface area contributed by atoms with Crippen LogP contribution in [0, 0.1) is 0 Å². The number of hydrogen-bond donors (Lipinski definition) is 1. The number of Topliss-reactive ketones (excluding diaryl/α,β-unsaturated/α-hetero) is 1. The van der Waals surface area contributed by atoms with E-state index in [1.807, 2.05) is 0 Å². The van der Waals surface area contributed by atoms with Gasteiger partial charge in [0.1, 0.15) is 0 Å². The Kier molecular flexibility index (Phi) is 4.03. The molecule has 1 N–H and O–H groups in total. The summed E-state index contributed by atoms with van der Waals surface area (Å²) < 4.78 is 38.7. The Balaban J connectivity index is 3.22. The quantitative estimate of drug-likeness (QED) is 0.860. The zero-order chi connectivity index (χ0) is 14.8. The van der Waals surface area contributed by atoms with Gasteiger partial charge >= 0.3 is 6.18 Å². The first-order chi connectivity index (χ1) is 8.55. The van der Waals surface area contributed by atoms with Gasteiger partial charge in [0, 0.05) is 6.92 Å². The van der Waals surface area contributed by atoms with Gasteiger partial charge in [-0.3, -0.25) is 9.59 Å². The van der Waals surface area contributed by atoms with E-state index in [-0.39, 0.29) is 5.56 Å². The van der Waals surface area contributed by atoms with Crippen LogP contribution in [0.1, 0.15) is 31.9 Å². The molecule has 0 atom stereocenters. The molecule has 0 aliphatic rings. The van der Waals surface area contributed by atoms with Gasteiger partial charge in [-0.15, -0.1) is 0 Å². The molecular weight excluding hydrogens is 259 g/mol. The number of halogens is 3. The van der Waals surface area contributed by atoms with Crippen LogP contribution in [0.15, 0.2) is 24.3 Å². The summed E-state index contributed by atoms with van der Waals surface area (Å²) in [6, 6.07) is 4.95. The van der Waals surface area contributed by atoms with E-state index in [0.29, 0.717) is 0 Å². The third kappa shape index (κ3) is 3.56. The fourth-order valence-electron chi connectivity index (χ4n) is 1.71. The van der Waals surface area contributed by atoms with E-state index in [2.05, 4.69) is 5.32 Å². The van der Waals surface area contributed by atoms with Crippen molar-refractivity contribution < 1.29 is 22.8 Å². The molecule has 0 saturated carbocycles. The Morgan fingerprint density at radius 2 is 1.53 bits per heavy atom. The van der Waals surface area contributed by atoms with Gasteiger partial charge in [0.2, 0.25) is 5.78 Å². The van der Waals surface area contributed by atoms with Gasteiger partial charge in [0.15, 0.2) is 0 Å². The van der Waals surface area contributed by atoms with E-state index in [4.69, 9.17) is 0 Å². The molecule has 0 aromatic heterocycles. The minimum absolute atomic E-state index is 0.0860. The highest BCUT2D eigenvalue weighted by Gasteiger charge is 2.38. The first-order valence-corrected chi connectivity index (χ1v) is 5.55. The van der Waals surface area contributed by atoms with E-state index in [0.717, 1.165) is 13.0 Å². The molecule has 6 heteroatoms. The van der Waals surface area contributed by atoms with Crippen LogP contribution in [0.3, 0.4) is 0 Å². The maximum absolute atomic E-state index is 12.9. The molecule has 0 saturated heterocycles. The maximum Gasteiger partial charge on any atom is 0.416 e. The highest BCUT2D eigenvalue weighted by atomic mass is 19.4. The molecule has 0 unspecified atom stereocenters. The Bertz CT molecular complexity index is 507. The van der Waals surface area contributed by atoms with E-state index in [1.54, 1.807) is 0 Å². The van der Waals surface area contributed by atoms with E-state index < -0.39 is 29.0 Å². The molecule has 19 heavy (non-hydrogen) atoms. The van der Waals surface area contributed by atoms with Crippen LogP contribution in [0.5, 0.6) is 0 Å². The molecule has 1 amide bonds. The highest BCUT2D eigenvalue weighted by molar-refractivity contribution is 6.35.